The van der Waals surface area contributed by atoms with Crippen molar-refractivity contribution in [3.05, 3.63) is 0 Å². The molecule has 0 aliphatic heterocycles. The van der Waals surface area contributed by atoms with E-state index < -0.39 is 0 Å². The van der Waals surface area contributed by atoms with Gasteiger partial charge in [0.25, 0.3) is 0 Å². The molecule has 1 aliphatic rings. The van der Waals surface area contributed by atoms with Crippen molar-refractivity contribution in [2.75, 3.05) is 6.61 Å². The van der Waals surface area contributed by atoms with E-state index in [4.69, 9.17) is 9.47 Å². The van der Waals surface area contributed by atoms with Gasteiger partial charge in [-0.3, -0.25) is 9.59 Å². The molecule has 1 fully saturated rings. The lowest BCUT2D eigenvalue weighted by Crippen LogP contribution is -2.36. The van der Waals surface area contributed by atoms with Crippen molar-refractivity contribution >= 4 is 11.9 Å². The molecule has 4 nitrogen and oxygen atoms in total. The number of hydrogen-bond donors (Lipinski definition) is 0. The van der Waals surface area contributed by atoms with Gasteiger partial charge in [0.2, 0.25) is 0 Å². The molecule has 0 heterocycles. The Bertz CT molecular complexity index is 446. The lowest BCUT2D eigenvalue weighted by molar-refractivity contribution is -0.165. The number of unbranched alkanes of at least 4 members (excludes halogenated alkanes) is 7. The Morgan fingerprint density at radius 2 is 1.31 bits per heavy atom. The van der Waals surface area contributed by atoms with Crippen LogP contribution in [0.2, 0.25) is 0 Å². The average molecular weight is 411 g/mol. The van der Waals surface area contributed by atoms with Crippen molar-refractivity contribution in [2.45, 2.75) is 124 Å². The lowest BCUT2D eigenvalue weighted by atomic mass is 9.79. The Morgan fingerprint density at radius 3 is 1.86 bits per heavy atom. The highest BCUT2D eigenvalue weighted by Crippen LogP contribution is 2.32. The first-order chi connectivity index (χ1) is 14.0. The van der Waals surface area contributed by atoms with Gasteiger partial charge >= 0.3 is 11.9 Å². The maximum absolute atomic E-state index is 12.5. The van der Waals surface area contributed by atoms with E-state index in [0.29, 0.717) is 6.61 Å². The Hall–Kier alpha value is -1.06. The van der Waals surface area contributed by atoms with E-state index in [1.165, 1.54) is 44.9 Å². The van der Waals surface area contributed by atoms with Crippen LogP contribution in [0.1, 0.15) is 118 Å². The first kappa shape index (κ1) is 26.0. The number of carbonyl (C=O) groups excluding carboxylic acids is 2. The fourth-order valence-electron chi connectivity index (χ4n) is 4.06. The summed E-state index contributed by atoms with van der Waals surface area (Å²) in [4.78, 5) is 24.9. The van der Waals surface area contributed by atoms with Gasteiger partial charge in [-0.05, 0) is 38.5 Å². The van der Waals surface area contributed by atoms with Crippen molar-refractivity contribution in [3.8, 4) is 0 Å². The second-order valence-electron chi connectivity index (χ2n) is 9.33. The summed E-state index contributed by atoms with van der Waals surface area (Å²) in [5.74, 6) is -0.213. The van der Waals surface area contributed by atoms with Crippen LogP contribution in [0.4, 0.5) is 0 Å². The molecule has 0 N–H and O–H groups in total. The summed E-state index contributed by atoms with van der Waals surface area (Å²) in [5.41, 5.74) is 0. The highest BCUT2D eigenvalue weighted by atomic mass is 16.5. The molecule has 0 saturated heterocycles. The van der Waals surface area contributed by atoms with Crippen molar-refractivity contribution in [1.82, 2.24) is 0 Å². The van der Waals surface area contributed by atoms with Crippen LogP contribution in [0.5, 0.6) is 0 Å². The molecular weight excluding hydrogens is 364 g/mol. The van der Waals surface area contributed by atoms with Gasteiger partial charge in [0, 0.05) is 0 Å². The molecule has 29 heavy (non-hydrogen) atoms. The quantitative estimate of drug-likeness (QED) is 0.219. The zero-order chi connectivity index (χ0) is 21.5. The molecule has 0 radical (unpaired) electrons. The fourth-order valence-corrected chi connectivity index (χ4v) is 4.06. The first-order valence-corrected chi connectivity index (χ1v) is 12.3. The maximum Gasteiger partial charge on any atom is 0.310 e. The highest BCUT2D eigenvalue weighted by molar-refractivity contribution is 5.82. The van der Waals surface area contributed by atoms with Crippen LogP contribution in [0.25, 0.3) is 0 Å². The molecule has 0 aromatic heterocycles. The third kappa shape index (κ3) is 11.6. The minimum atomic E-state index is -0.319. The first-order valence-electron chi connectivity index (χ1n) is 12.3. The minimum Gasteiger partial charge on any atom is -0.465 e. The maximum atomic E-state index is 12.5. The number of hydrogen-bond acceptors (Lipinski definition) is 4. The van der Waals surface area contributed by atoms with E-state index in [0.717, 1.165) is 50.9 Å². The highest BCUT2D eigenvalue weighted by Gasteiger charge is 2.38. The van der Waals surface area contributed by atoms with Gasteiger partial charge < -0.3 is 9.47 Å². The zero-order valence-electron chi connectivity index (χ0n) is 19.5. The molecule has 3 unspecified atom stereocenters. The molecule has 0 bridgehead atoms. The van der Waals surface area contributed by atoms with Gasteiger partial charge in [-0.25, -0.2) is 0 Å². The second kappa shape index (κ2) is 15.7. The molecular formula is C25H46O4. The molecule has 0 spiro atoms. The third-order valence-corrected chi connectivity index (χ3v) is 6.18. The van der Waals surface area contributed by atoms with E-state index in [1.54, 1.807) is 0 Å². The van der Waals surface area contributed by atoms with E-state index in [1.807, 2.05) is 13.8 Å². The summed E-state index contributed by atoms with van der Waals surface area (Å²) in [5, 5.41) is 0. The van der Waals surface area contributed by atoms with Crippen LogP contribution < -0.4 is 0 Å². The van der Waals surface area contributed by atoms with E-state index in [2.05, 4.69) is 13.8 Å². The Labute approximate surface area is 179 Å². The third-order valence-electron chi connectivity index (χ3n) is 6.18. The van der Waals surface area contributed by atoms with Crippen LogP contribution in [0, 0.1) is 17.8 Å². The SMILES string of the molecule is CCC(C)OC(=O)C1CCCCC1C(=O)OCCCCCCCCCCC(C)C. The van der Waals surface area contributed by atoms with Gasteiger partial charge in [-0.2, -0.15) is 0 Å². The number of ether oxygens (including phenoxy) is 2. The van der Waals surface area contributed by atoms with E-state index in [9.17, 15) is 9.59 Å². The Kier molecular flexibility index (Phi) is 14.1. The summed E-state index contributed by atoms with van der Waals surface area (Å²) in [7, 11) is 0. The Morgan fingerprint density at radius 1 is 0.793 bits per heavy atom. The summed E-state index contributed by atoms with van der Waals surface area (Å²) >= 11 is 0. The van der Waals surface area contributed by atoms with Crippen LogP contribution in [0.15, 0.2) is 0 Å². The lowest BCUT2D eigenvalue weighted by Gasteiger charge is -2.29. The van der Waals surface area contributed by atoms with Crippen molar-refractivity contribution in [1.29, 1.82) is 0 Å². The van der Waals surface area contributed by atoms with Crippen molar-refractivity contribution in [2.24, 2.45) is 17.8 Å². The van der Waals surface area contributed by atoms with E-state index >= 15 is 0 Å². The molecule has 3 atom stereocenters. The normalized spacial score (nSPS) is 20.4. The smallest absolute Gasteiger partial charge is 0.310 e. The molecule has 170 valence electrons. The van der Waals surface area contributed by atoms with Gasteiger partial charge in [0.05, 0.1) is 24.5 Å². The monoisotopic (exact) mass is 410 g/mol. The van der Waals surface area contributed by atoms with Crippen molar-refractivity contribution < 1.29 is 19.1 Å². The Balaban J connectivity index is 2.14. The summed E-state index contributed by atoms with van der Waals surface area (Å²) in [6.07, 6.45) is 15.4. The van der Waals surface area contributed by atoms with Gasteiger partial charge in [-0.15, -0.1) is 0 Å². The summed E-state index contributed by atoms with van der Waals surface area (Å²) in [6.45, 7) is 8.97. The molecule has 1 saturated carbocycles. The van der Waals surface area contributed by atoms with E-state index in [-0.39, 0.29) is 29.9 Å². The van der Waals surface area contributed by atoms with Crippen LogP contribution >= 0.6 is 0 Å². The predicted octanol–water partition coefficient (Wildman–Crippen LogP) is 6.84. The standard InChI is InChI=1S/C25H46O4/c1-5-21(4)29-25(27)23-18-14-13-17-22(23)24(26)28-19-15-11-9-7-6-8-10-12-16-20(2)3/h20-23H,5-19H2,1-4H3. The number of carbonyl (C=O) groups is 2. The van der Waals surface area contributed by atoms with Crippen LogP contribution in [-0.4, -0.2) is 24.6 Å². The predicted molar refractivity (Wildman–Crippen MR) is 119 cm³/mol. The topological polar surface area (TPSA) is 52.6 Å². The number of rotatable bonds is 15. The van der Waals surface area contributed by atoms with Gasteiger partial charge in [0.1, 0.15) is 0 Å². The number of esters is 2. The summed E-state index contributed by atoms with van der Waals surface area (Å²) < 4.78 is 11.0. The van der Waals surface area contributed by atoms with Gasteiger partial charge in [-0.1, -0.05) is 85.0 Å². The van der Waals surface area contributed by atoms with Gasteiger partial charge in [0.15, 0.2) is 0 Å². The average Bonchev–Trinajstić information content (AvgIpc) is 2.71. The summed E-state index contributed by atoms with van der Waals surface area (Å²) in [6, 6.07) is 0. The molecule has 0 aromatic carbocycles. The molecule has 0 aromatic rings. The zero-order valence-corrected chi connectivity index (χ0v) is 19.5. The minimum absolute atomic E-state index is 0.0868. The molecule has 1 rings (SSSR count). The fraction of sp³-hybridized carbons (Fsp3) is 0.920. The van der Waals surface area contributed by atoms with Crippen LogP contribution in [-0.2, 0) is 19.1 Å². The molecule has 4 heteroatoms. The molecule has 1 aliphatic carbocycles. The van der Waals surface area contributed by atoms with Crippen LogP contribution in [0.3, 0.4) is 0 Å². The van der Waals surface area contributed by atoms with Crippen molar-refractivity contribution in [3.63, 3.8) is 0 Å². The molecule has 0 amide bonds. The largest absolute Gasteiger partial charge is 0.465 e. The second-order valence-corrected chi connectivity index (χ2v) is 9.33.